The number of esters is 1. The summed E-state index contributed by atoms with van der Waals surface area (Å²) in [6.45, 7) is 1.23. The molecule has 1 spiro atoms. The Bertz CT molecular complexity index is 946. The van der Waals surface area contributed by atoms with Gasteiger partial charge in [0.15, 0.2) is 0 Å². The lowest BCUT2D eigenvalue weighted by Crippen LogP contribution is -2.47. The average molecular weight is 421 g/mol. The molecule has 31 heavy (non-hydrogen) atoms. The van der Waals surface area contributed by atoms with E-state index in [0.29, 0.717) is 18.5 Å². The van der Waals surface area contributed by atoms with E-state index in [1.807, 2.05) is 23.1 Å². The predicted molar refractivity (Wildman–Crippen MR) is 121 cm³/mol. The molecule has 1 aliphatic heterocycles. The molecule has 1 amide bonds. The summed E-state index contributed by atoms with van der Waals surface area (Å²) in [5.41, 5.74) is 2.81. The molecule has 2 aliphatic rings. The maximum atomic E-state index is 13.0. The number of benzene rings is 2. The standard InChI is InChI=1S/C26H32N2O3/c1-27(2)26(21-10-5-4-6-11-21)15-13-25(14-16-26)17-23(29)28(19-25)18-20-9-7-8-12-22(20)24(30)31-3/h4-12H,13-19H2,1-3H3/t25-,26-. The van der Waals surface area contributed by atoms with Crippen LogP contribution in [0.2, 0.25) is 0 Å². The highest BCUT2D eigenvalue weighted by molar-refractivity contribution is 5.91. The van der Waals surface area contributed by atoms with E-state index in [1.165, 1.54) is 12.7 Å². The fourth-order valence-electron chi connectivity index (χ4n) is 5.57. The van der Waals surface area contributed by atoms with Gasteiger partial charge in [0.25, 0.3) is 0 Å². The van der Waals surface area contributed by atoms with Crippen molar-refractivity contribution in [3.05, 3.63) is 71.3 Å². The second kappa shape index (κ2) is 8.46. The van der Waals surface area contributed by atoms with Crippen molar-refractivity contribution in [1.29, 1.82) is 0 Å². The van der Waals surface area contributed by atoms with Gasteiger partial charge < -0.3 is 9.64 Å². The summed E-state index contributed by atoms with van der Waals surface area (Å²) >= 11 is 0. The van der Waals surface area contributed by atoms with Gasteiger partial charge in [-0.15, -0.1) is 0 Å². The summed E-state index contributed by atoms with van der Waals surface area (Å²) in [5, 5.41) is 0. The first-order valence-electron chi connectivity index (χ1n) is 11.1. The molecule has 4 rings (SSSR count). The Hall–Kier alpha value is -2.66. The van der Waals surface area contributed by atoms with E-state index in [-0.39, 0.29) is 22.8 Å². The van der Waals surface area contributed by atoms with E-state index in [2.05, 4.69) is 49.3 Å². The molecule has 0 atom stereocenters. The average Bonchev–Trinajstić information content (AvgIpc) is 3.09. The summed E-state index contributed by atoms with van der Waals surface area (Å²) in [6, 6.07) is 18.2. The summed E-state index contributed by atoms with van der Waals surface area (Å²) in [5.74, 6) is -0.162. The molecule has 0 unspecified atom stereocenters. The summed E-state index contributed by atoms with van der Waals surface area (Å²) < 4.78 is 4.92. The van der Waals surface area contributed by atoms with E-state index >= 15 is 0 Å². The van der Waals surface area contributed by atoms with Crippen LogP contribution >= 0.6 is 0 Å². The van der Waals surface area contributed by atoms with Crippen molar-refractivity contribution in [2.24, 2.45) is 5.41 Å². The van der Waals surface area contributed by atoms with Crippen molar-refractivity contribution < 1.29 is 14.3 Å². The number of carbonyl (C=O) groups excluding carboxylic acids is 2. The number of hydrogen-bond acceptors (Lipinski definition) is 4. The highest BCUT2D eigenvalue weighted by Crippen LogP contribution is 2.52. The molecule has 0 N–H and O–H groups in total. The lowest BCUT2D eigenvalue weighted by molar-refractivity contribution is -0.128. The number of carbonyl (C=O) groups is 2. The number of amides is 1. The van der Waals surface area contributed by atoms with Gasteiger partial charge in [0, 0.05) is 25.0 Å². The van der Waals surface area contributed by atoms with E-state index in [1.54, 1.807) is 6.07 Å². The molecule has 0 bridgehead atoms. The molecule has 1 heterocycles. The van der Waals surface area contributed by atoms with Crippen LogP contribution in [0.3, 0.4) is 0 Å². The SMILES string of the molecule is COC(=O)c1ccccc1CN1C[C@]2(CC[C@](c3ccccc3)(N(C)C)CC2)CC1=O. The van der Waals surface area contributed by atoms with Crippen molar-refractivity contribution in [1.82, 2.24) is 9.80 Å². The number of nitrogens with zero attached hydrogens (tertiary/aromatic N) is 2. The maximum absolute atomic E-state index is 13.0. The van der Waals surface area contributed by atoms with Crippen LogP contribution in [0.15, 0.2) is 54.6 Å². The molecule has 1 aliphatic carbocycles. The van der Waals surface area contributed by atoms with Gasteiger partial charge in [-0.3, -0.25) is 9.69 Å². The van der Waals surface area contributed by atoms with Crippen LogP contribution < -0.4 is 0 Å². The lowest BCUT2D eigenvalue weighted by atomic mass is 9.64. The molecular weight excluding hydrogens is 388 g/mol. The van der Waals surface area contributed by atoms with Gasteiger partial charge >= 0.3 is 5.97 Å². The van der Waals surface area contributed by atoms with Crippen LogP contribution in [-0.4, -0.2) is 49.4 Å². The predicted octanol–water partition coefficient (Wildman–Crippen LogP) is 4.22. The Morgan fingerprint density at radius 1 is 1.00 bits per heavy atom. The monoisotopic (exact) mass is 420 g/mol. The van der Waals surface area contributed by atoms with Crippen LogP contribution in [0.5, 0.6) is 0 Å². The molecule has 2 aromatic carbocycles. The zero-order valence-electron chi connectivity index (χ0n) is 18.8. The van der Waals surface area contributed by atoms with E-state index in [0.717, 1.165) is 37.8 Å². The van der Waals surface area contributed by atoms with E-state index in [9.17, 15) is 9.59 Å². The third-order valence-electron chi connectivity index (χ3n) is 7.49. The highest BCUT2D eigenvalue weighted by atomic mass is 16.5. The molecule has 0 aromatic heterocycles. The third kappa shape index (κ3) is 3.99. The number of rotatable bonds is 5. The molecule has 1 saturated carbocycles. The fourth-order valence-corrected chi connectivity index (χ4v) is 5.57. The molecule has 2 aromatic rings. The Balaban J connectivity index is 1.50. The number of methoxy groups -OCH3 is 1. The lowest BCUT2D eigenvalue weighted by Gasteiger charge is -2.48. The minimum Gasteiger partial charge on any atom is -0.465 e. The van der Waals surface area contributed by atoms with Crippen LogP contribution in [0, 0.1) is 5.41 Å². The van der Waals surface area contributed by atoms with Crippen LogP contribution in [0.4, 0.5) is 0 Å². The summed E-state index contributed by atoms with van der Waals surface area (Å²) in [6.07, 6.45) is 4.75. The summed E-state index contributed by atoms with van der Waals surface area (Å²) in [7, 11) is 5.72. The molecule has 5 nitrogen and oxygen atoms in total. The number of likely N-dealkylation sites (tertiary alicyclic amines) is 1. The van der Waals surface area contributed by atoms with Gasteiger partial charge in [-0.05, 0) is 62.4 Å². The van der Waals surface area contributed by atoms with Gasteiger partial charge in [0.05, 0.1) is 12.7 Å². The normalized spacial score (nSPS) is 25.9. The first-order valence-corrected chi connectivity index (χ1v) is 11.1. The number of ether oxygens (including phenoxy) is 1. The van der Waals surface area contributed by atoms with Crippen molar-refractivity contribution in [3.8, 4) is 0 Å². The van der Waals surface area contributed by atoms with Gasteiger partial charge in [-0.2, -0.15) is 0 Å². The Labute approximate surface area is 185 Å². The second-order valence-corrected chi connectivity index (χ2v) is 9.37. The zero-order chi connectivity index (χ0) is 22.1. The van der Waals surface area contributed by atoms with Crippen molar-refractivity contribution >= 4 is 11.9 Å². The zero-order valence-corrected chi connectivity index (χ0v) is 18.8. The van der Waals surface area contributed by atoms with E-state index in [4.69, 9.17) is 4.74 Å². The molecule has 2 fully saturated rings. The molecule has 1 saturated heterocycles. The van der Waals surface area contributed by atoms with Crippen molar-refractivity contribution in [2.75, 3.05) is 27.7 Å². The Morgan fingerprint density at radius 3 is 2.29 bits per heavy atom. The minimum atomic E-state index is -0.353. The molecular formula is C26H32N2O3. The molecule has 164 valence electrons. The second-order valence-electron chi connectivity index (χ2n) is 9.37. The van der Waals surface area contributed by atoms with Gasteiger partial charge in [0.2, 0.25) is 5.91 Å². The Morgan fingerprint density at radius 2 is 1.65 bits per heavy atom. The Kier molecular flexibility index (Phi) is 5.89. The molecule has 0 radical (unpaired) electrons. The van der Waals surface area contributed by atoms with Gasteiger partial charge in [-0.1, -0.05) is 48.5 Å². The number of hydrogen-bond donors (Lipinski definition) is 0. The van der Waals surface area contributed by atoms with Crippen molar-refractivity contribution in [2.45, 2.75) is 44.2 Å². The topological polar surface area (TPSA) is 49.9 Å². The van der Waals surface area contributed by atoms with Crippen molar-refractivity contribution in [3.63, 3.8) is 0 Å². The van der Waals surface area contributed by atoms with Gasteiger partial charge in [-0.25, -0.2) is 4.79 Å². The quantitative estimate of drug-likeness (QED) is 0.680. The van der Waals surface area contributed by atoms with E-state index < -0.39 is 0 Å². The fraction of sp³-hybridized carbons (Fsp3) is 0.462. The van der Waals surface area contributed by atoms with Gasteiger partial charge in [0.1, 0.15) is 0 Å². The van der Waals surface area contributed by atoms with Crippen LogP contribution in [-0.2, 0) is 21.6 Å². The highest BCUT2D eigenvalue weighted by Gasteiger charge is 2.50. The smallest absolute Gasteiger partial charge is 0.338 e. The third-order valence-corrected chi connectivity index (χ3v) is 7.49. The first kappa shape index (κ1) is 21.6. The maximum Gasteiger partial charge on any atom is 0.338 e. The summed E-state index contributed by atoms with van der Waals surface area (Å²) in [4.78, 5) is 29.4. The molecule has 5 heteroatoms. The first-order chi connectivity index (χ1) is 14.9. The van der Waals surface area contributed by atoms with Crippen LogP contribution in [0.1, 0.15) is 53.6 Å². The minimum absolute atomic E-state index is 0.0282. The van der Waals surface area contributed by atoms with Crippen LogP contribution in [0.25, 0.3) is 0 Å². The largest absolute Gasteiger partial charge is 0.465 e.